The number of morpholine rings is 1. The first-order chi connectivity index (χ1) is 11.0. The van der Waals surface area contributed by atoms with Crippen LogP contribution in [-0.2, 0) is 4.74 Å². The predicted octanol–water partition coefficient (Wildman–Crippen LogP) is 0.699. The van der Waals surface area contributed by atoms with E-state index in [1.165, 1.54) is 6.20 Å². The fourth-order valence-electron chi connectivity index (χ4n) is 2.56. The molecule has 0 bridgehead atoms. The first-order valence-electron chi connectivity index (χ1n) is 8.14. The molecule has 1 unspecified atom stereocenters. The summed E-state index contributed by atoms with van der Waals surface area (Å²) in [4.78, 5) is 8.98. The van der Waals surface area contributed by atoms with Crippen LogP contribution in [0.4, 0.5) is 0 Å². The molecule has 0 amide bonds. The number of nitrogens with one attached hydrogen (secondary N) is 1. The summed E-state index contributed by atoms with van der Waals surface area (Å²) in [6.45, 7) is 9.65. The van der Waals surface area contributed by atoms with E-state index in [-0.39, 0.29) is 23.8 Å². The van der Waals surface area contributed by atoms with Crippen molar-refractivity contribution < 1.29 is 9.84 Å². The average molecular weight is 348 g/mol. The van der Waals surface area contributed by atoms with Crippen molar-refractivity contribution in [2.24, 2.45) is 10.7 Å². The largest absolute Gasteiger partial charge is 0.395 e. The molecule has 0 aliphatic carbocycles. The van der Waals surface area contributed by atoms with Gasteiger partial charge in [0, 0.05) is 12.7 Å². The Labute approximate surface area is 144 Å². The molecule has 4 N–H and O–H groups in total. The number of nitrogens with two attached hydrogens (primary N) is 1. The van der Waals surface area contributed by atoms with Crippen LogP contribution >= 0.6 is 11.6 Å². The molecule has 2 atom stereocenters. The summed E-state index contributed by atoms with van der Waals surface area (Å²) in [7, 11) is 0. The van der Waals surface area contributed by atoms with Crippen LogP contribution in [0.2, 0.25) is 0 Å². The van der Waals surface area contributed by atoms with Gasteiger partial charge in [0.25, 0.3) is 0 Å². The molecular formula is C15H30ClN5O2. The molecule has 0 aromatic heterocycles. The summed E-state index contributed by atoms with van der Waals surface area (Å²) in [5, 5.41) is 12.4. The lowest BCUT2D eigenvalue weighted by molar-refractivity contribution is -0.00972. The Bertz CT molecular complexity index is 401. The van der Waals surface area contributed by atoms with Gasteiger partial charge in [-0.1, -0.05) is 25.4 Å². The van der Waals surface area contributed by atoms with E-state index in [1.807, 2.05) is 6.92 Å². The van der Waals surface area contributed by atoms with Crippen LogP contribution in [0.3, 0.4) is 0 Å². The van der Waals surface area contributed by atoms with E-state index in [0.29, 0.717) is 26.4 Å². The van der Waals surface area contributed by atoms with Crippen molar-refractivity contribution in [2.75, 3.05) is 39.6 Å². The summed E-state index contributed by atoms with van der Waals surface area (Å²) >= 11 is 5.74. The lowest BCUT2D eigenvalue weighted by atomic mass is 10.1. The molecule has 0 saturated carbocycles. The van der Waals surface area contributed by atoms with E-state index >= 15 is 0 Å². The Morgan fingerprint density at radius 1 is 1.52 bits per heavy atom. The normalized spacial score (nSPS) is 23.5. The van der Waals surface area contributed by atoms with Gasteiger partial charge < -0.3 is 25.8 Å². The van der Waals surface area contributed by atoms with Gasteiger partial charge in [-0.25, -0.2) is 4.99 Å². The van der Waals surface area contributed by atoms with Gasteiger partial charge in [0.1, 0.15) is 5.16 Å². The number of rotatable bonds is 7. The SMILES string of the molecule is CCC1COC[C@@H](C)N1C(=NCN(CC)CCO)N/C=C(/N)Cl. The Kier molecular flexibility index (Phi) is 9.31. The minimum atomic E-state index is 0.117. The highest BCUT2D eigenvalue weighted by Gasteiger charge is 2.30. The lowest BCUT2D eigenvalue weighted by Gasteiger charge is -2.42. The molecule has 134 valence electrons. The zero-order valence-corrected chi connectivity index (χ0v) is 15.1. The van der Waals surface area contributed by atoms with Crippen molar-refractivity contribution in [3.8, 4) is 0 Å². The van der Waals surface area contributed by atoms with Crippen molar-refractivity contribution in [1.29, 1.82) is 0 Å². The highest BCUT2D eigenvalue weighted by molar-refractivity contribution is 6.29. The third kappa shape index (κ3) is 6.55. The second-order valence-electron chi connectivity index (χ2n) is 5.59. The van der Waals surface area contributed by atoms with E-state index in [0.717, 1.165) is 18.9 Å². The fourth-order valence-corrected chi connectivity index (χ4v) is 2.62. The number of aliphatic hydroxyl groups excluding tert-OH is 1. The monoisotopic (exact) mass is 347 g/mol. The van der Waals surface area contributed by atoms with Crippen LogP contribution < -0.4 is 11.1 Å². The summed E-state index contributed by atoms with van der Waals surface area (Å²) in [5.41, 5.74) is 5.52. The summed E-state index contributed by atoms with van der Waals surface area (Å²) in [5.74, 6) is 0.729. The maximum absolute atomic E-state index is 9.10. The van der Waals surface area contributed by atoms with E-state index < -0.39 is 0 Å². The number of guanidine groups is 1. The number of aliphatic hydroxyl groups is 1. The minimum absolute atomic E-state index is 0.117. The molecule has 1 heterocycles. The Hall–Kier alpha value is -1.02. The number of likely N-dealkylation sites (N-methyl/N-ethyl adjacent to an activating group) is 1. The van der Waals surface area contributed by atoms with Gasteiger partial charge >= 0.3 is 0 Å². The van der Waals surface area contributed by atoms with Gasteiger partial charge in [0.05, 0.1) is 38.6 Å². The fraction of sp³-hybridized carbons (Fsp3) is 0.800. The summed E-state index contributed by atoms with van der Waals surface area (Å²) in [6, 6.07) is 0.459. The molecule has 0 spiro atoms. The summed E-state index contributed by atoms with van der Waals surface area (Å²) < 4.78 is 5.64. The zero-order valence-electron chi connectivity index (χ0n) is 14.3. The molecule has 0 aromatic carbocycles. The number of hydrogen-bond acceptors (Lipinski definition) is 5. The molecule has 1 saturated heterocycles. The second-order valence-corrected chi connectivity index (χ2v) is 6.02. The highest BCUT2D eigenvalue weighted by Crippen LogP contribution is 2.16. The standard InChI is InChI=1S/C15H30ClN5O2/c1-4-13-10-23-9-12(3)21(13)15(18-8-14(16)17)19-11-20(5-2)6-7-22/h8,12-13,22H,4-7,9-11,17H2,1-3H3,(H,18,19)/b14-8+/t12-,13?/m1/s1. The van der Waals surface area contributed by atoms with Crippen LogP contribution in [-0.4, -0.2) is 72.5 Å². The molecule has 7 nitrogen and oxygen atoms in total. The van der Waals surface area contributed by atoms with Gasteiger partial charge in [-0.2, -0.15) is 0 Å². The van der Waals surface area contributed by atoms with E-state index in [1.54, 1.807) is 0 Å². The molecule has 0 aromatic rings. The van der Waals surface area contributed by atoms with Crippen LogP contribution in [0.5, 0.6) is 0 Å². The molecule has 1 aliphatic heterocycles. The van der Waals surface area contributed by atoms with E-state index in [2.05, 4.69) is 34.0 Å². The van der Waals surface area contributed by atoms with Gasteiger partial charge in [0.15, 0.2) is 5.96 Å². The van der Waals surface area contributed by atoms with Crippen molar-refractivity contribution in [3.63, 3.8) is 0 Å². The number of halogens is 1. The number of nitrogens with zero attached hydrogens (tertiary/aromatic N) is 3. The lowest BCUT2D eigenvalue weighted by Crippen LogP contribution is -2.57. The smallest absolute Gasteiger partial charge is 0.200 e. The van der Waals surface area contributed by atoms with Crippen molar-refractivity contribution in [3.05, 3.63) is 11.4 Å². The van der Waals surface area contributed by atoms with Gasteiger partial charge in [0.2, 0.25) is 0 Å². The van der Waals surface area contributed by atoms with Gasteiger partial charge in [-0.3, -0.25) is 4.90 Å². The third-order valence-electron chi connectivity index (χ3n) is 3.88. The Morgan fingerprint density at radius 2 is 2.26 bits per heavy atom. The Balaban J connectivity index is 2.94. The average Bonchev–Trinajstić information content (AvgIpc) is 2.53. The van der Waals surface area contributed by atoms with E-state index in [9.17, 15) is 0 Å². The maximum Gasteiger partial charge on any atom is 0.200 e. The number of aliphatic imine (C=N–C) groups is 1. The maximum atomic E-state index is 9.10. The number of hydrogen-bond donors (Lipinski definition) is 3. The topological polar surface area (TPSA) is 86.3 Å². The van der Waals surface area contributed by atoms with Crippen LogP contribution in [0.15, 0.2) is 16.3 Å². The zero-order chi connectivity index (χ0) is 17.2. The molecule has 1 rings (SSSR count). The molecule has 1 fully saturated rings. The number of ether oxygens (including phenoxy) is 1. The van der Waals surface area contributed by atoms with Crippen molar-refractivity contribution in [1.82, 2.24) is 15.1 Å². The Morgan fingerprint density at radius 3 is 2.83 bits per heavy atom. The van der Waals surface area contributed by atoms with Crippen molar-refractivity contribution in [2.45, 2.75) is 39.3 Å². The van der Waals surface area contributed by atoms with Gasteiger partial charge in [-0.05, 0) is 19.9 Å². The predicted molar refractivity (Wildman–Crippen MR) is 94.1 cm³/mol. The van der Waals surface area contributed by atoms with Crippen molar-refractivity contribution >= 4 is 17.6 Å². The minimum Gasteiger partial charge on any atom is -0.395 e. The third-order valence-corrected chi connectivity index (χ3v) is 3.99. The van der Waals surface area contributed by atoms with Gasteiger partial charge in [-0.15, -0.1) is 0 Å². The quantitative estimate of drug-likeness (QED) is 0.357. The van der Waals surface area contributed by atoms with Crippen LogP contribution in [0.25, 0.3) is 0 Å². The summed E-state index contributed by atoms with van der Waals surface area (Å²) in [6.07, 6.45) is 2.50. The van der Waals surface area contributed by atoms with Crippen LogP contribution in [0, 0.1) is 0 Å². The van der Waals surface area contributed by atoms with E-state index in [4.69, 9.17) is 27.2 Å². The molecular weight excluding hydrogens is 318 g/mol. The second kappa shape index (κ2) is 10.7. The molecule has 0 radical (unpaired) electrons. The molecule has 1 aliphatic rings. The molecule has 8 heteroatoms. The molecule has 23 heavy (non-hydrogen) atoms. The first-order valence-corrected chi connectivity index (χ1v) is 8.52. The highest BCUT2D eigenvalue weighted by atomic mass is 35.5. The first kappa shape index (κ1) is 20.0. The van der Waals surface area contributed by atoms with Crippen LogP contribution in [0.1, 0.15) is 27.2 Å².